The van der Waals surface area contributed by atoms with Crippen molar-refractivity contribution in [2.75, 3.05) is 0 Å². The fraction of sp³-hybridized carbons (Fsp3) is 0.375. The van der Waals surface area contributed by atoms with Crippen molar-refractivity contribution in [2.24, 2.45) is 0 Å². The molecule has 0 N–H and O–H groups in total. The number of ether oxygens (including phenoxy) is 1. The lowest BCUT2D eigenvalue weighted by Crippen LogP contribution is -2.26. The molecule has 0 spiro atoms. The third-order valence-corrected chi connectivity index (χ3v) is 3.83. The molecule has 2 aromatic rings. The van der Waals surface area contributed by atoms with E-state index in [2.05, 4.69) is 20.9 Å². The summed E-state index contributed by atoms with van der Waals surface area (Å²) in [5, 5.41) is 1.48. The number of aryl methyl sites for hydroxylation is 1. The molecule has 0 amide bonds. The second-order valence-corrected chi connectivity index (χ2v) is 6.80. The number of hydrogen-bond donors (Lipinski definition) is 0. The number of benzene rings is 1. The number of carbonyl (C=O) groups is 1. The highest BCUT2D eigenvalue weighted by atomic mass is 79.9. The zero-order chi connectivity index (χ0) is 15.8. The Morgan fingerprint density at radius 1 is 1.33 bits per heavy atom. The number of esters is 1. The minimum absolute atomic E-state index is 0.401. The average Bonchev–Trinajstić information content (AvgIpc) is 2.36. The molecule has 3 nitrogen and oxygen atoms in total. The first-order chi connectivity index (χ1) is 9.69. The van der Waals surface area contributed by atoms with Gasteiger partial charge in [-0.25, -0.2) is 4.39 Å². The van der Waals surface area contributed by atoms with E-state index in [0.717, 1.165) is 11.1 Å². The SMILES string of the molecule is Cc1nccc2c(C(Br)C(=O)OC(C)(C)C)cc(F)cc12. The van der Waals surface area contributed by atoms with Crippen molar-refractivity contribution in [3.05, 3.63) is 41.5 Å². The van der Waals surface area contributed by atoms with E-state index < -0.39 is 22.2 Å². The van der Waals surface area contributed by atoms with Crippen LogP contribution in [0.25, 0.3) is 10.8 Å². The molecule has 5 heteroatoms. The summed E-state index contributed by atoms with van der Waals surface area (Å²) in [4.78, 5) is 15.6. The van der Waals surface area contributed by atoms with Crippen molar-refractivity contribution in [1.29, 1.82) is 0 Å². The predicted molar refractivity (Wildman–Crippen MR) is 84.0 cm³/mol. The summed E-state index contributed by atoms with van der Waals surface area (Å²) >= 11 is 3.32. The van der Waals surface area contributed by atoms with E-state index >= 15 is 0 Å². The smallest absolute Gasteiger partial charge is 0.324 e. The van der Waals surface area contributed by atoms with Gasteiger partial charge in [0, 0.05) is 17.3 Å². The molecular formula is C16H17BrFNO2. The molecule has 1 aromatic carbocycles. The van der Waals surface area contributed by atoms with E-state index in [4.69, 9.17) is 4.74 Å². The number of rotatable bonds is 2. The zero-order valence-electron chi connectivity index (χ0n) is 12.4. The van der Waals surface area contributed by atoms with Crippen molar-refractivity contribution >= 4 is 32.7 Å². The molecule has 0 radical (unpaired) electrons. The van der Waals surface area contributed by atoms with Crippen LogP contribution in [0.2, 0.25) is 0 Å². The van der Waals surface area contributed by atoms with E-state index in [0.29, 0.717) is 10.9 Å². The summed E-state index contributed by atoms with van der Waals surface area (Å²) in [5.74, 6) is -0.842. The van der Waals surface area contributed by atoms with Crippen LogP contribution in [0.1, 0.15) is 36.9 Å². The van der Waals surface area contributed by atoms with E-state index in [-0.39, 0.29) is 0 Å². The van der Waals surface area contributed by atoms with Crippen LogP contribution in [0.15, 0.2) is 24.4 Å². The topological polar surface area (TPSA) is 39.2 Å². The monoisotopic (exact) mass is 353 g/mol. The van der Waals surface area contributed by atoms with Gasteiger partial charge in [0.1, 0.15) is 16.2 Å². The lowest BCUT2D eigenvalue weighted by molar-refractivity contribution is -0.154. The number of aromatic nitrogens is 1. The van der Waals surface area contributed by atoms with Crippen LogP contribution >= 0.6 is 15.9 Å². The highest BCUT2D eigenvalue weighted by Gasteiger charge is 2.26. The molecule has 1 atom stereocenters. The molecule has 1 aromatic heterocycles. The summed E-state index contributed by atoms with van der Waals surface area (Å²) in [6.45, 7) is 7.19. The van der Waals surface area contributed by atoms with E-state index in [1.165, 1.54) is 12.1 Å². The van der Waals surface area contributed by atoms with Gasteiger partial charge < -0.3 is 4.74 Å². The Morgan fingerprint density at radius 3 is 2.62 bits per heavy atom. The van der Waals surface area contributed by atoms with Gasteiger partial charge in [-0.05, 0) is 56.8 Å². The molecule has 0 saturated carbocycles. The van der Waals surface area contributed by atoms with Gasteiger partial charge in [-0.3, -0.25) is 9.78 Å². The molecule has 2 rings (SSSR count). The van der Waals surface area contributed by atoms with Crippen molar-refractivity contribution in [2.45, 2.75) is 38.1 Å². The fourth-order valence-corrected chi connectivity index (χ4v) is 2.58. The summed E-state index contributed by atoms with van der Waals surface area (Å²) in [6.07, 6.45) is 1.65. The molecule has 0 aliphatic carbocycles. The fourth-order valence-electron chi connectivity index (χ4n) is 2.11. The molecule has 1 heterocycles. The Kier molecular flexibility index (Phi) is 4.33. The second-order valence-electron chi connectivity index (χ2n) is 5.88. The molecule has 112 valence electrons. The number of fused-ring (bicyclic) bond motifs is 1. The van der Waals surface area contributed by atoms with Crippen molar-refractivity contribution in [3.8, 4) is 0 Å². The van der Waals surface area contributed by atoms with Crippen molar-refractivity contribution in [1.82, 2.24) is 4.98 Å². The summed E-state index contributed by atoms with van der Waals surface area (Å²) in [7, 11) is 0. The number of carbonyl (C=O) groups excluding carboxylic acids is 1. The zero-order valence-corrected chi connectivity index (χ0v) is 14.0. The lowest BCUT2D eigenvalue weighted by Gasteiger charge is -2.22. The molecule has 0 aliphatic rings. The standard InChI is InChI=1S/C16H17BrFNO2/c1-9-12-7-10(18)8-13(11(12)5-6-19-9)14(17)15(20)21-16(2,3)4/h5-8,14H,1-4H3. The number of nitrogens with zero attached hydrogens (tertiary/aromatic N) is 1. The van der Waals surface area contributed by atoms with E-state index in [9.17, 15) is 9.18 Å². The highest BCUT2D eigenvalue weighted by Crippen LogP contribution is 2.33. The molecule has 0 saturated heterocycles. The van der Waals surface area contributed by atoms with Gasteiger partial charge >= 0.3 is 5.97 Å². The Balaban J connectivity index is 2.51. The first kappa shape index (κ1) is 15.9. The molecule has 0 aliphatic heterocycles. The van der Waals surface area contributed by atoms with Crippen LogP contribution in [-0.4, -0.2) is 16.6 Å². The maximum atomic E-state index is 13.8. The number of halogens is 2. The van der Waals surface area contributed by atoms with Crippen LogP contribution in [0, 0.1) is 12.7 Å². The van der Waals surface area contributed by atoms with Gasteiger partial charge in [0.15, 0.2) is 0 Å². The Hall–Kier alpha value is -1.49. The Morgan fingerprint density at radius 2 is 2.00 bits per heavy atom. The highest BCUT2D eigenvalue weighted by molar-refractivity contribution is 9.09. The van der Waals surface area contributed by atoms with Gasteiger partial charge in [-0.2, -0.15) is 0 Å². The Bertz CT molecular complexity index is 694. The number of hydrogen-bond acceptors (Lipinski definition) is 3. The van der Waals surface area contributed by atoms with Crippen LogP contribution in [0.5, 0.6) is 0 Å². The van der Waals surface area contributed by atoms with Gasteiger partial charge in [0.05, 0.1) is 0 Å². The van der Waals surface area contributed by atoms with Gasteiger partial charge in [-0.15, -0.1) is 0 Å². The van der Waals surface area contributed by atoms with Crippen LogP contribution in [0.3, 0.4) is 0 Å². The van der Waals surface area contributed by atoms with Crippen LogP contribution in [-0.2, 0) is 9.53 Å². The maximum absolute atomic E-state index is 13.8. The minimum Gasteiger partial charge on any atom is -0.459 e. The van der Waals surface area contributed by atoms with Gasteiger partial charge in [0.25, 0.3) is 0 Å². The predicted octanol–water partition coefficient (Wildman–Crippen LogP) is 4.46. The van der Waals surface area contributed by atoms with Crippen molar-refractivity contribution in [3.63, 3.8) is 0 Å². The largest absolute Gasteiger partial charge is 0.459 e. The molecule has 1 unspecified atom stereocenters. The minimum atomic E-state index is -0.725. The lowest BCUT2D eigenvalue weighted by atomic mass is 10.0. The summed E-state index contributed by atoms with van der Waals surface area (Å²) in [6, 6.07) is 4.55. The van der Waals surface area contributed by atoms with Crippen LogP contribution < -0.4 is 0 Å². The van der Waals surface area contributed by atoms with E-state index in [1.54, 1.807) is 33.0 Å². The number of pyridine rings is 1. The summed E-state index contributed by atoms with van der Waals surface area (Å²) < 4.78 is 19.2. The first-order valence-electron chi connectivity index (χ1n) is 6.61. The van der Waals surface area contributed by atoms with E-state index in [1.807, 2.05) is 6.92 Å². The quantitative estimate of drug-likeness (QED) is 0.590. The molecular weight excluding hydrogens is 337 g/mol. The molecule has 21 heavy (non-hydrogen) atoms. The van der Waals surface area contributed by atoms with Gasteiger partial charge in [-0.1, -0.05) is 15.9 Å². The third kappa shape index (κ3) is 3.59. The summed E-state index contributed by atoms with van der Waals surface area (Å²) in [5.41, 5.74) is 0.672. The van der Waals surface area contributed by atoms with Gasteiger partial charge in [0.2, 0.25) is 0 Å². The second kappa shape index (κ2) is 5.72. The number of alkyl halides is 1. The first-order valence-corrected chi connectivity index (χ1v) is 7.52. The third-order valence-electron chi connectivity index (χ3n) is 2.96. The average molecular weight is 354 g/mol. The normalized spacial score (nSPS) is 13.2. The van der Waals surface area contributed by atoms with Crippen molar-refractivity contribution < 1.29 is 13.9 Å². The maximum Gasteiger partial charge on any atom is 0.324 e. The molecule has 0 fully saturated rings. The Labute approximate surface area is 131 Å². The molecule has 0 bridgehead atoms. The van der Waals surface area contributed by atoms with Crippen LogP contribution in [0.4, 0.5) is 4.39 Å².